The smallest absolute Gasteiger partial charge is 0.386 e. The maximum Gasteiger partial charge on any atom is 0.433 e. The molecule has 1 saturated heterocycles. The summed E-state index contributed by atoms with van der Waals surface area (Å²) in [6.45, 7) is 4.93. The number of amides is 5. The number of carbonyl (C=O) groups excluding carboxylic acids is 5. The van der Waals surface area contributed by atoms with Crippen LogP contribution in [0, 0.1) is 17.3 Å². The lowest BCUT2D eigenvalue weighted by molar-refractivity contribution is -0.141. The van der Waals surface area contributed by atoms with Crippen LogP contribution >= 0.6 is 11.3 Å². The highest BCUT2D eigenvalue weighted by Crippen LogP contribution is 2.55. The van der Waals surface area contributed by atoms with Gasteiger partial charge in [0.05, 0.1) is 32.0 Å². The molecule has 0 radical (unpaired) electrons. The number of alkyl halides is 3. The van der Waals surface area contributed by atoms with E-state index in [-0.39, 0.29) is 24.1 Å². The van der Waals surface area contributed by atoms with Crippen molar-refractivity contribution in [2.45, 2.75) is 121 Å². The summed E-state index contributed by atoms with van der Waals surface area (Å²) in [6.07, 6.45) is 6.70. The van der Waals surface area contributed by atoms with Gasteiger partial charge in [0.15, 0.2) is 0 Å². The summed E-state index contributed by atoms with van der Waals surface area (Å²) in [6, 6.07) is 11.4. The third-order valence-corrected chi connectivity index (χ3v) is 15.8. The Bertz CT molecular complexity index is 2550. The van der Waals surface area contributed by atoms with Gasteiger partial charge >= 0.3 is 6.18 Å². The summed E-state index contributed by atoms with van der Waals surface area (Å²) in [5, 5.41) is 20.4. The van der Waals surface area contributed by atoms with Gasteiger partial charge < -0.3 is 20.6 Å². The highest BCUT2D eigenvalue weighted by atomic mass is 32.1. The van der Waals surface area contributed by atoms with Gasteiger partial charge in [0.1, 0.15) is 17.4 Å². The maximum atomic E-state index is 13.5. The van der Waals surface area contributed by atoms with E-state index in [1.165, 1.54) is 31.7 Å². The molecule has 4 aromatic rings. The molecule has 2 aromatic heterocycles. The van der Waals surface area contributed by atoms with Crippen LogP contribution in [0.3, 0.4) is 0 Å². The van der Waals surface area contributed by atoms with Crippen molar-refractivity contribution in [2.24, 2.45) is 17.3 Å². The van der Waals surface area contributed by atoms with Crippen LogP contribution in [0.15, 0.2) is 48.5 Å². The quantitative estimate of drug-likeness (QED) is 0.107. The number of aromatic nitrogens is 2. The summed E-state index contributed by atoms with van der Waals surface area (Å²) in [4.78, 5) is 76.2. The van der Waals surface area contributed by atoms with Crippen LogP contribution in [0.25, 0.3) is 10.2 Å². The minimum atomic E-state index is -4.69. The SMILES string of the molecule is CN(C[C@H]1CC[C@H](c2nc3cc(C(C)(C)O)c(NC(=O)c4cccc(C(F)(F)F)n4)cc3s2)CC1)[C@H]1CCC2(CC1)C[C@@H](CNc1cccc3c1C(=O)N(C1CCC(=O)NC1=O)C3=O)C2. The van der Waals surface area contributed by atoms with Crippen LogP contribution < -0.4 is 16.0 Å². The van der Waals surface area contributed by atoms with E-state index in [1.54, 1.807) is 49.4 Å². The number of piperidine rings is 1. The van der Waals surface area contributed by atoms with Crippen molar-refractivity contribution in [3.63, 3.8) is 0 Å². The number of nitrogens with one attached hydrogen (secondary N) is 3. The number of anilines is 2. The normalized spacial score (nSPS) is 26.1. The van der Waals surface area contributed by atoms with Crippen molar-refractivity contribution in [3.05, 3.63) is 81.6 Å². The van der Waals surface area contributed by atoms with Crippen LogP contribution in [0.4, 0.5) is 24.5 Å². The zero-order valence-corrected chi connectivity index (χ0v) is 37.5. The Labute approximate surface area is 378 Å². The number of fused-ring (bicyclic) bond motifs is 2. The molecule has 4 fully saturated rings. The lowest BCUT2D eigenvalue weighted by atomic mass is 9.55. The number of rotatable bonds is 11. The van der Waals surface area contributed by atoms with E-state index >= 15 is 0 Å². The van der Waals surface area contributed by atoms with Crippen molar-refractivity contribution in [3.8, 4) is 0 Å². The Balaban J connectivity index is 0.742. The molecule has 0 bridgehead atoms. The first kappa shape index (κ1) is 44.9. The first-order chi connectivity index (χ1) is 30.9. The van der Waals surface area contributed by atoms with E-state index in [4.69, 9.17) is 4.98 Å². The molecule has 9 rings (SSSR count). The highest BCUT2D eigenvalue weighted by molar-refractivity contribution is 7.18. The molecule has 344 valence electrons. The van der Waals surface area contributed by atoms with Gasteiger partial charge in [-0.25, -0.2) is 9.97 Å². The first-order valence-corrected chi connectivity index (χ1v) is 23.5. The molecule has 5 aliphatic rings. The average Bonchev–Trinajstić information content (AvgIpc) is 3.79. The van der Waals surface area contributed by atoms with Crippen molar-refractivity contribution >= 4 is 62.5 Å². The molecule has 13 nitrogen and oxygen atoms in total. The van der Waals surface area contributed by atoms with E-state index in [0.717, 1.165) is 71.8 Å². The molecule has 17 heteroatoms. The minimum absolute atomic E-state index is 0.0788. The van der Waals surface area contributed by atoms with Gasteiger partial charge in [-0.15, -0.1) is 11.3 Å². The molecule has 3 aliphatic carbocycles. The van der Waals surface area contributed by atoms with Gasteiger partial charge in [0, 0.05) is 48.4 Å². The summed E-state index contributed by atoms with van der Waals surface area (Å²) in [5.74, 6) is -1.48. The van der Waals surface area contributed by atoms with E-state index in [1.807, 2.05) is 6.07 Å². The van der Waals surface area contributed by atoms with E-state index in [2.05, 4.69) is 32.9 Å². The van der Waals surface area contributed by atoms with Gasteiger partial charge in [0.25, 0.3) is 17.7 Å². The van der Waals surface area contributed by atoms with Gasteiger partial charge in [-0.1, -0.05) is 12.1 Å². The number of benzene rings is 2. The van der Waals surface area contributed by atoms with Gasteiger partial charge in [-0.3, -0.25) is 34.2 Å². The third-order valence-electron chi connectivity index (χ3n) is 14.6. The van der Waals surface area contributed by atoms with Gasteiger partial charge in [-0.05, 0) is 145 Å². The monoisotopic (exact) mass is 913 g/mol. The van der Waals surface area contributed by atoms with Crippen LogP contribution in [0.2, 0.25) is 0 Å². The molecular formula is C48H54F3N7O6S. The summed E-state index contributed by atoms with van der Waals surface area (Å²) >= 11 is 1.55. The first-order valence-electron chi connectivity index (χ1n) is 22.7. The molecule has 1 unspecified atom stereocenters. The molecule has 65 heavy (non-hydrogen) atoms. The fraction of sp³-hybridized carbons (Fsp3) is 0.521. The Morgan fingerprint density at radius 3 is 2.34 bits per heavy atom. The number of aliphatic hydroxyl groups is 1. The molecule has 5 amide bonds. The van der Waals surface area contributed by atoms with Crippen LogP contribution in [0.5, 0.6) is 0 Å². The summed E-state index contributed by atoms with van der Waals surface area (Å²) in [5.41, 5.74) is 0.0413. The molecule has 1 spiro atoms. The number of thiazole rings is 1. The number of nitrogens with zero attached hydrogens (tertiary/aromatic N) is 4. The summed E-state index contributed by atoms with van der Waals surface area (Å²) < 4.78 is 40.7. The topological polar surface area (TPSA) is 174 Å². The van der Waals surface area contributed by atoms with E-state index < -0.39 is 53.0 Å². The third kappa shape index (κ3) is 9.03. The number of carbonyl (C=O) groups is 5. The Hall–Kier alpha value is -5.26. The number of imide groups is 2. The largest absolute Gasteiger partial charge is 0.433 e. The van der Waals surface area contributed by atoms with Crippen LogP contribution in [0.1, 0.15) is 144 Å². The van der Waals surface area contributed by atoms with Gasteiger partial charge in [-0.2, -0.15) is 13.2 Å². The summed E-state index contributed by atoms with van der Waals surface area (Å²) in [7, 11) is 2.27. The maximum absolute atomic E-state index is 13.5. The predicted molar refractivity (Wildman–Crippen MR) is 238 cm³/mol. The number of pyridine rings is 1. The second-order valence-corrected chi connectivity index (χ2v) is 20.6. The van der Waals surface area contributed by atoms with Crippen molar-refractivity contribution in [1.82, 2.24) is 25.1 Å². The fourth-order valence-corrected chi connectivity index (χ4v) is 12.3. The zero-order chi connectivity index (χ0) is 46.0. The standard InChI is InChI=1S/C48H54F3N7O6S/c1-46(2,64)31-20-35-37(21-34(31)54-41(60)33-8-5-9-38(53-33)48(49,50)51)65-43(55-35)28-12-10-26(11-13-28)25-57(3)29-16-18-47(19-17-29)22-27(23-47)24-52-32-7-4-6-30-40(32)45(63)58(44(30)62)36-14-15-39(59)56-42(36)61/h4-9,20-21,26-29,36,52,64H,10-19,22-25H2,1-3H3,(H,54,60)(H,56,59,61)/t26-,27-,28-,29-,36?,47?. The van der Waals surface area contributed by atoms with Crippen LogP contribution in [-0.2, 0) is 21.4 Å². The lowest BCUT2D eigenvalue weighted by Gasteiger charge is -2.53. The molecule has 3 saturated carbocycles. The Kier molecular flexibility index (Phi) is 11.9. The molecule has 1 atom stereocenters. The zero-order valence-electron chi connectivity index (χ0n) is 36.7. The average molecular weight is 914 g/mol. The second-order valence-electron chi connectivity index (χ2n) is 19.6. The second kappa shape index (κ2) is 17.2. The van der Waals surface area contributed by atoms with Crippen molar-refractivity contribution in [1.29, 1.82) is 0 Å². The molecule has 4 N–H and O–H groups in total. The number of hydrogen-bond acceptors (Lipinski definition) is 11. The number of hydrogen-bond donors (Lipinski definition) is 4. The molecule has 2 aromatic carbocycles. The van der Waals surface area contributed by atoms with E-state index in [9.17, 15) is 42.3 Å². The number of halogens is 3. The lowest BCUT2D eigenvalue weighted by Crippen LogP contribution is -2.54. The molecule has 4 heterocycles. The van der Waals surface area contributed by atoms with Crippen molar-refractivity contribution in [2.75, 3.05) is 30.8 Å². The van der Waals surface area contributed by atoms with Crippen molar-refractivity contribution < 1.29 is 42.3 Å². The highest BCUT2D eigenvalue weighted by Gasteiger charge is 2.48. The predicted octanol–water partition coefficient (Wildman–Crippen LogP) is 8.25. The molecule has 2 aliphatic heterocycles. The Morgan fingerprint density at radius 1 is 0.923 bits per heavy atom. The van der Waals surface area contributed by atoms with Crippen LogP contribution in [-0.4, -0.2) is 86.6 Å². The fourth-order valence-electron chi connectivity index (χ4n) is 11.1. The van der Waals surface area contributed by atoms with Gasteiger partial charge in [0.2, 0.25) is 11.8 Å². The van der Waals surface area contributed by atoms with E-state index in [0.29, 0.717) is 63.8 Å². The Morgan fingerprint density at radius 2 is 1.65 bits per heavy atom. The molecular weight excluding hydrogens is 860 g/mol. The minimum Gasteiger partial charge on any atom is -0.386 e.